The molecule has 0 atom stereocenters. The molecule has 1 N–H and O–H groups in total. The number of benzene rings is 2. The summed E-state index contributed by atoms with van der Waals surface area (Å²) in [6.07, 6.45) is 4.41. The number of hydrogen-bond acceptors (Lipinski definition) is 2. The van der Waals surface area contributed by atoms with Gasteiger partial charge in [-0.2, -0.15) is 0 Å². The Morgan fingerprint density at radius 1 is 1.08 bits per heavy atom. The van der Waals surface area contributed by atoms with Crippen LogP contribution < -0.4 is 5.32 Å². The van der Waals surface area contributed by atoms with Gasteiger partial charge in [0, 0.05) is 40.8 Å². The first-order valence-electron chi connectivity index (χ1n) is 7.54. The van der Waals surface area contributed by atoms with Crippen molar-refractivity contribution >= 4 is 29.1 Å². The highest BCUT2D eigenvalue weighted by molar-refractivity contribution is 6.36. The summed E-state index contributed by atoms with van der Waals surface area (Å²) in [7, 11) is 0. The second-order valence-electron chi connectivity index (χ2n) is 5.59. The molecule has 1 aliphatic rings. The summed E-state index contributed by atoms with van der Waals surface area (Å²) < 4.78 is 1.91. The van der Waals surface area contributed by atoms with Gasteiger partial charge in [-0.25, -0.2) is 4.98 Å². The van der Waals surface area contributed by atoms with Gasteiger partial charge in [0.2, 0.25) is 0 Å². The molecule has 2 heterocycles. The van der Waals surface area contributed by atoms with Crippen LogP contribution in [0.4, 0.5) is 0 Å². The molecule has 24 heavy (non-hydrogen) atoms. The average molecular weight is 358 g/mol. The van der Waals surface area contributed by atoms with Crippen molar-refractivity contribution < 1.29 is 4.79 Å². The van der Waals surface area contributed by atoms with Crippen molar-refractivity contribution in [2.24, 2.45) is 0 Å². The Hall–Kier alpha value is -2.30. The maximum absolute atomic E-state index is 12.1. The van der Waals surface area contributed by atoms with E-state index >= 15 is 0 Å². The first-order valence-corrected chi connectivity index (χ1v) is 8.29. The van der Waals surface area contributed by atoms with Gasteiger partial charge in [0.25, 0.3) is 5.91 Å². The lowest BCUT2D eigenvalue weighted by molar-refractivity contribution is 0.0946. The molecule has 4 nitrogen and oxygen atoms in total. The van der Waals surface area contributed by atoms with E-state index in [9.17, 15) is 4.79 Å². The van der Waals surface area contributed by atoms with Gasteiger partial charge in [-0.1, -0.05) is 29.3 Å². The number of hydrogen-bond donors (Lipinski definition) is 1. The standard InChI is InChI=1S/C18H13Cl2N3O/c19-12-2-4-14(16(20)9-12)17-21-7-8-23(17)13-3-1-11-5-6-22-18(24)15(11)10-13/h1-4,7-10H,5-6H2,(H,22,24). The maximum atomic E-state index is 12.1. The average Bonchev–Trinajstić information content (AvgIpc) is 3.04. The van der Waals surface area contributed by atoms with Crippen molar-refractivity contribution in [2.75, 3.05) is 6.54 Å². The third-order valence-corrected chi connectivity index (χ3v) is 4.66. The van der Waals surface area contributed by atoms with Crippen molar-refractivity contribution in [3.05, 3.63) is 70.0 Å². The van der Waals surface area contributed by atoms with Crippen LogP contribution in [0, 0.1) is 0 Å². The zero-order chi connectivity index (χ0) is 16.7. The van der Waals surface area contributed by atoms with Crippen LogP contribution in [-0.4, -0.2) is 22.0 Å². The summed E-state index contributed by atoms with van der Waals surface area (Å²) in [5.41, 5.74) is 3.42. The van der Waals surface area contributed by atoms with E-state index in [0.717, 1.165) is 23.2 Å². The first-order chi connectivity index (χ1) is 11.6. The number of carbonyl (C=O) groups excluding carboxylic acids is 1. The van der Waals surface area contributed by atoms with E-state index < -0.39 is 0 Å². The molecule has 1 aliphatic heterocycles. The molecule has 1 amide bonds. The predicted octanol–water partition coefficient (Wildman–Crippen LogP) is 4.13. The summed E-state index contributed by atoms with van der Waals surface area (Å²) in [5.74, 6) is 0.664. The van der Waals surface area contributed by atoms with Gasteiger partial charge in [0.05, 0.1) is 5.02 Å². The van der Waals surface area contributed by atoms with Gasteiger partial charge in [-0.05, 0) is 42.3 Å². The number of rotatable bonds is 2. The van der Waals surface area contributed by atoms with E-state index in [4.69, 9.17) is 23.2 Å². The van der Waals surface area contributed by atoms with Crippen LogP contribution in [0.5, 0.6) is 0 Å². The van der Waals surface area contributed by atoms with E-state index in [1.807, 2.05) is 35.0 Å². The Kier molecular flexibility index (Phi) is 3.79. The first kappa shape index (κ1) is 15.2. The van der Waals surface area contributed by atoms with Crippen LogP contribution in [0.3, 0.4) is 0 Å². The Bertz CT molecular complexity index is 949. The van der Waals surface area contributed by atoms with E-state index in [-0.39, 0.29) is 5.91 Å². The largest absolute Gasteiger partial charge is 0.352 e. The lowest BCUT2D eigenvalue weighted by Gasteiger charge is -2.18. The number of halogens is 2. The van der Waals surface area contributed by atoms with Crippen LogP contribution in [0.2, 0.25) is 10.0 Å². The molecule has 0 aliphatic carbocycles. The number of imidazole rings is 1. The van der Waals surface area contributed by atoms with Crippen molar-refractivity contribution in [2.45, 2.75) is 6.42 Å². The van der Waals surface area contributed by atoms with E-state index in [1.54, 1.807) is 18.3 Å². The summed E-state index contributed by atoms with van der Waals surface area (Å²) in [4.78, 5) is 16.5. The van der Waals surface area contributed by atoms with Crippen molar-refractivity contribution in [3.63, 3.8) is 0 Å². The quantitative estimate of drug-likeness (QED) is 0.749. The third kappa shape index (κ3) is 2.58. The molecule has 0 bridgehead atoms. The van der Waals surface area contributed by atoms with Crippen LogP contribution >= 0.6 is 23.2 Å². The summed E-state index contributed by atoms with van der Waals surface area (Å²) >= 11 is 12.3. The number of carbonyl (C=O) groups is 1. The van der Waals surface area contributed by atoms with Gasteiger partial charge in [0.15, 0.2) is 0 Å². The zero-order valence-corrected chi connectivity index (χ0v) is 14.1. The Labute approximate surface area is 149 Å². The maximum Gasteiger partial charge on any atom is 0.251 e. The fourth-order valence-electron chi connectivity index (χ4n) is 2.93. The normalized spacial score (nSPS) is 13.5. The third-order valence-electron chi connectivity index (χ3n) is 4.11. The van der Waals surface area contributed by atoms with Gasteiger partial charge in [-0.15, -0.1) is 0 Å². The summed E-state index contributed by atoms with van der Waals surface area (Å²) in [6, 6.07) is 11.2. The molecule has 3 aromatic rings. The molecule has 0 fully saturated rings. The van der Waals surface area contributed by atoms with Crippen LogP contribution in [0.25, 0.3) is 17.1 Å². The Morgan fingerprint density at radius 3 is 2.79 bits per heavy atom. The van der Waals surface area contributed by atoms with Gasteiger partial charge in [0.1, 0.15) is 5.82 Å². The van der Waals surface area contributed by atoms with Crippen LogP contribution in [0.1, 0.15) is 15.9 Å². The number of nitrogens with zero attached hydrogens (tertiary/aromatic N) is 2. The number of fused-ring (bicyclic) bond motifs is 1. The zero-order valence-electron chi connectivity index (χ0n) is 12.6. The molecule has 4 rings (SSSR count). The molecule has 0 unspecified atom stereocenters. The van der Waals surface area contributed by atoms with Gasteiger partial charge in [-0.3, -0.25) is 9.36 Å². The summed E-state index contributed by atoms with van der Waals surface area (Å²) in [6.45, 7) is 0.682. The van der Waals surface area contributed by atoms with Gasteiger partial charge < -0.3 is 5.32 Å². The van der Waals surface area contributed by atoms with E-state index in [1.165, 1.54) is 0 Å². The summed E-state index contributed by atoms with van der Waals surface area (Å²) in [5, 5.41) is 3.98. The molecule has 0 radical (unpaired) electrons. The molecular formula is C18H13Cl2N3O. The van der Waals surface area contributed by atoms with E-state index in [0.29, 0.717) is 28.0 Å². The molecule has 0 spiro atoms. The smallest absolute Gasteiger partial charge is 0.251 e. The van der Waals surface area contributed by atoms with E-state index in [2.05, 4.69) is 10.3 Å². The lowest BCUT2D eigenvalue weighted by Crippen LogP contribution is -2.31. The minimum Gasteiger partial charge on any atom is -0.352 e. The monoisotopic (exact) mass is 357 g/mol. The highest BCUT2D eigenvalue weighted by Crippen LogP contribution is 2.31. The second kappa shape index (κ2) is 5.96. The number of nitrogens with one attached hydrogen (secondary N) is 1. The lowest BCUT2D eigenvalue weighted by atomic mass is 9.99. The Balaban J connectivity index is 1.83. The SMILES string of the molecule is O=C1NCCc2ccc(-n3ccnc3-c3ccc(Cl)cc3Cl)cc21. The minimum atomic E-state index is -0.0377. The van der Waals surface area contributed by atoms with Crippen LogP contribution in [-0.2, 0) is 6.42 Å². The number of amides is 1. The minimum absolute atomic E-state index is 0.0377. The molecular weight excluding hydrogens is 345 g/mol. The molecule has 2 aromatic carbocycles. The molecule has 6 heteroatoms. The highest BCUT2D eigenvalue weighted by atomic mass is 35.5. The van der Waals surface area contributed by atoms with Crippen molar-refractivity contribution in [1.29, 1.82) is 0 Å². The second-order valence-corrected chi connectivity index (χ2v) is 6.44. The molecule has 1 aromatic heterocycles. The number of aromatic nitrogens is 2. The molecule has 0 saturated carbocycles. The van der Waals surface area contributed by atoms with Crippen molar-refractivity contribution in [1.82, 2.24) is 14.9 Å². The molecule has 120 valence electrons. The highest BCUT2D eigenvalue weighted by Gasteiger charge is 2.18. The molecule has 0 saturated heterocycles. The predicted molar refractivity (Wildman–Crippen MR) is 95.1 cm³/mol. The Morgan fingerprint density at radius 2 is 1.96 bits per heavy atom. The topological polar surface area (TPSA) is 46.9 Å². The van der Waals surface area contributed by atoms with Crippen molar-refractivity contribution in [3.8, 4) is 17.1 Å². The fourth-order valence-corrected chi connectivity index (χ4v) is 3.42. The van der Waals surface area contributed by atoms with Gasteiger partial charge >= 0.3 is 0 Å². The van der Waals surface area contributed by atoms with Crippen LogP contribution in [0.15, 0.2) is 48.8 Å². The fraction of sp³-hybridized carbons (Fsp3) is 0.111.